The molecule has 294 valence electrons. The molecule has 5 heterocycles. The van der Waals surface area contributed by atoms with E-state index in [4.69, 9.17) is 25.8 Å². The first-order valence-corrected chi connectivity index (χ1v) is 19.1. The number of rotatable bonds is 10. The number of hydrogen-bond acceptors (Lipinski definition) is 17. The van der Waals surface area contributed by atoms with E-state index in [2.05, 4.69) is 30.0 Å². The van der Waals surface area contributed by atoms with Crippen molar-refractivity contribution in [1.29, 1.82) is 0 Å². The number of nitro groups is 2. The number of halogens is 1. The van der Waals surface area contributed by atoms with Crippen molar-refractivity contribution in [3.8, 4) is 34.3 Å². The molecule has 4 aromatic heterocycles. The van der Waals surface area contributed by atoms with E-state index < -0.39 is 21.8 Å². The van der Waals surface area contributed by atoms with Crippen LogP contribution in [0.2, 0.25) is 5.15 Å². The number of anilines is 1. The maximum Gasteiger partial charge on any atom is 0.337 e. The third-order valence-electron chi connectivity index (χ3n) is 8.51. The van der Waals surface area contributed by atoms with Crippen LogP contribution >= 0.6 is 34.3 Å². The van der Waals surface area contributed by atoms with Gasteiger partial charge in [0.1, 0.15) is 33.8 Å². The third kappa shape index (κ3) is 8.60. The van der Waals surface area contributed by atoms with E-state index in [0.717, 1.165) is 39.7 Å². The fraction of sp³-hybridized carbons (Fsp3) is 0.158. The summed E-state index contributed by atoms with van der Waals surface area (Å²) in [7, 11) is 2.62. The van der Waals surface area contributed by atoms with Gasteiger partial charge in [-0.15, -0.1) is 0 Å². The summed E-state index contributed by atoms with van der Waals surface area (Å²) >= 11 is 8.02. The summed E-state index contributed by atoms with van der Waals surface area (Å²) < 4.78 is 20.6. The molecule has 1 aliphatic heterocycles. The topological polar surface area (TPSA) is 221 Å². The van der Waals surface area contributed by atoms with Crippen molar-refractivity contribution in [2.45, 2.75) is 6.42 Å². The monoisotopic (exact) mass is 841 g/mol. The van der Waals surface area contributed by atoms with E-state index in [-0.39, 0.29) is 15.2 Å². The molecule has 0 radical (unpaired) electrons. The first kappa shape index (κ1) is 39.4. The number of esters is 2. The molecule has 0 fully saturated rings. The summed E-state index contributed by atoms with van der Waals surface area (Å²) in [6, 6.07) is 21.8. The van der Waals surface area contributed by atoms with Gasteiger partial charge >= 0.3 is 21.9 Å². The molecule has 20 heteroatoms. The van der Waals surface area contributed by atoms with Gasteiger partial charge < -0.3 is 24.3 Å². The normalized spacial score (nSPS) is 11.7. The molecule has 0 aliphatic carbocycles. The Morgan fingerprint density at radius 3 is 1.79 bits per heavy atom. The first-order valence-electron chi connectivity index (χ1n) is 17.1. The molecule has 0 saturated heterocycles. The SMILES string of the molecule is COC(=O)c1ccc(-c2nc(Cl)c3cc([N+](=O)[O-])sc3n2)cc1.COC(=O)c1ccc(-c2nc(NCCc3ccc4c(c3)OCCO4)c3cc([N+](=O)[O-])sc3n2)cc1. The van der Waals surface area contributed by atoms with Crippen molar-refractivity contribution < 1.29 is 38.4 Å². The summed E-state index contributed by atoms with van der Waals surface area (Å²) in [5.41, 5.74) is 3.17. The second-order valence-electron chi connectivity index (χ2n) is 12.1. The number of ether oxygens (including phenoxy) is 4. The zero-order chi connectivity index (χ0) is 40.9. The molecule has 1 N–H and O–H groups in total. The van der Waals surface area contributed by atoms with Gasteiger partial charge in [-0.05, 0) is 71.1 Å². The molecule has 0 spiro atoms. The molecule has 0 atom stereocenters. The van der Waals surface area contributed by atoms with Crippen molar-refractivity contribution in [2.75, 3.05) is 39.3 Å². The average Bonchev–Trinajstić information content (AvgIpc) is 3.90. The highest BCUT2D eigenvalue weighted by Crippen LogP contribution is 2.37. The van der Waals surface area contributed by atoms with E-state index in [1.807, 2.05) is 18.2 Å². The maximum atomic E-state index is 11.7. The van der Waals surface area contributed by atoms with Crippen LogP contribution < -0.4 is 14.8 Å². The van der Waals surface area contributed by atoms with Gasteiger partial charge in [0.05, 0.1) is 46.0 Å². The van der Waals surface area contributed by atoms with Crippen molar-refractivity contribution in [2.24, 2.45) is 0 Å². The van der Waals surface area contributed by atoms with Crippen LogP contribution in [0, 0.1) is 20.2 Å². The number of carbonyl (C=O) groups excluding carboxylic acids is 2. The van der Waals surface area contributed by atoms with E-state index in [0.29, 0.717) is 86.3 Å². The minimum absolute atomic E-state index is 0.0117. The summed E-state index contributed by atoms with van der Waals surface area (Å²) in [5, 5.41) is 26.6. The highest BCUT2D eigenvalue weighted by atomic mass is 35.5. The molecule has 8 rings (SSSR count). The number of carbonyl (C=O) groups is 2. The van der Waals surface area contributed by atoms with Crippen molar-refractivity contribution in [3.63, 3.8) is 0 Å². The quantitative estimate of drug-likeness (QED) is 0.0593. The number of methoxy groups -OCH3 is 2. The van der Waals surface area contributed by atoms with Crippen LogP contribution in [0.1, 0.15) is 26.3 Å². The van der Waals surface area contributed by atoms with Crippen molar-refractivity contribution >= 4 is 82.5 Å². The van der Waals surface area contributed by atoms with Crippen molar-refractivity contribution in [1.82, 2.24) is 19.9 Å². The molecule has 0 amide bonds. The molecule has 17 nitrogen and oxygen atoms in total. The fourth-order valence-electron chi connectivity index (χ4n) is 5.67. The molecule has 0 unspecified atom stereocenters. The number of thiophene rings is 2. The smallest absolute Gasteiger partial charge is 0.337 e. The highest BCUT2D eigenvalue weighted by molar-refractivity contribution is 7.22. The molecule has 0 saturated carbocycles. The highest BCUT2D eigenvalue weighted by Gasteiger charge is 2.20. The molecule has 7 aromatic rings. The van der Waals surface area contributed by atoms with Gasteiger partial charge in [0.25, 0.3) is 0 Å². The minimum atomic E-state index is -0.493. The molecule has 58 heavy (non-hydrogen) atoms. The van der Waals surface area contributed by atoms with Crippen molar-refractivity contribution in [3.05, 3.63) is 121 Å². The van der Waals surface area contributed by atoms with Gasteiger partial charge in [-0.1, -0.05) is 41.9 Å². The Labute approximate surface area is 340 Å². The van der Waals surface area contributed by atoms with Crippen LogP contribution in [0.5, 0.6) is 11.5 Å². The Bertz CT molecular complexity index is 2710. The van der Waals surface area contributed by atoms with Gasteiger partial charge in [0, 0.05) is 29.8 Å². The van der Waals surface area contributed by atoms with E-state index in [1.165, 1.54) is 26.4 Å². The van der Waals surface area contributed by atoms with Crippen LogP contribution in [0.25, 0.3) is 43.2 Å². The number of nitrogens with one attached hydrogen (secondary N) is 1. The Morgan fingerprint density at radius 1 is 0.724 bits per heavy atom. The van der Waals surface area contributed by atoms with Gasteiger partial charge in [-0.3, -0.25) is 20.2 Å². The van der Waals surface area contributed by atoms with E-state index in [1.54, 1.807) is 48.5 Å². The van der Waals surface area contributed by atoms with Gasteiger partial charge in [-0.25, -0.2) is 29.5 Å². The average molecular weight is 842 g/mol. The summed E-state index contributed by atoms with van der Waals surface area (Å²) in [4.78, 5) is 63.0. The minimum Gasteiger partial charge on any atom is -0.486 e. The summed E-state index contributed by atoms with van der Waals surface area (Å²) in [5.74, 6) is 1.80. The molecule has 0 bridgehead atoms. The zero-order valence-electron chi connectivity index (χ0n) is 30.3. The van der Waals surface area contributed by atoms with Crippen LogP contribution in [0.4, 0.5) is 15.8 Å². The lowest BCUT2D eigenvalue weighted by Crippen LogP contribution is -2.15. The maximum absolute atomic E-state index is 11.7. The Hall–Kier alpha value is -6.83. The summed E-state index contributed by atoms with van der Waals surface area (Å²) in [6.45, 7) is 1.60. The van der Waals surface area contributed by atoms with E-state index >= 15 is 0 Å². The molecular formula is C38H28ClN7O10S2. The fourth-order valence-corrected chi connectivity index (χ4v) is 7.64. The molecule has 3 aromatic carbocycles. The number of fused-ring (bicyclic) bond motifs is 3. The lowest BCUT2D eigenvalue weighted by molar-refractivity contribution is -0.380. The van der Waals surface area contributed by atoms with Gasteiger partial charge in [0.15, 0.2) is 23.1 Å². The van der Waals surface area contributed by atoms with Gasteiger partial charge in [0.2, 0.25) is 0 Å². The third-order valence-corrected chi connectivity index (χ3v) is 10.8. The molecule has 1 aliphatic rings. The van der Waals surface area contributed by atoms with Crippen LogP contribution in [-0.2, 0) is 15.9 Å². The van der Waals surface area contributed by atoms with E-state index in [9.17, 15) is 29.8 Å². The lowest BCUT2D eigenvalue weighted by atomic mass is 10.1. The Morgan fingerprint density at radius 2 is 1.24 bits per heavy atom. The number of benzene rings is 3. The lowest BCUT2D eigenvalue weighted by Gasteiger charge is -2.19. The van der Waals surface area contributed by atoms with Crippen LogP contribution in [0.15, 0.2) is 78.9 Å². The summed E-state index contributed by atoms with van der Waals surface area (Å²) in [6.07, 6.45) is 0.678. The second-order valence-corrected chi connectivity index (χ2v) is 14.5. The van der Waals surface area contributed by atoms with Crippen LogP contribution in [0.3, 0.4) is 0 Å². The molecular weight excluding hydrogens is 814 g/mol. The number of hydrogen-bond donors (Lipinski definition) is 1. The number of nitrogens with zero attached hydrogens (tertiary/aromatic N) is 6. The standard InChI is InChI=1S/C24H20N4O6S.C14H8ClN3O4S/c1-32-24(29)16-5-3-15(4-6-16)21-26-22(17-13-20(28(30)31)35-23(17)27-21)25-9-8-14-2-7-18-19(12-14)34-11-10-33-18;1-22-14(19)8-4-2-7(3-5-8)12-16-11(15)9-6-10(18(20)21)23-13(9)17-12/h2-7,12-13H,8-11H2,1H3,(H,25,26,27);2-6H,1H3. The van der Waals surface area contributed by atoms with Gasteiger partial charge in [-0.2, -0.15) is 0 Å². The Kier molecular flexibility index (Phi) is 11.6. The first-order chi connectivity index (χ1) is 28.0. The van der Waals surface area contributed by atoms with Crippen LogP contribution in [-0.4, -0.2) is 75.7 Å². The largest absolute Gasteiger partial charge is 0.486 e. The zero-order valence-corrected chi connectivity index (χ0v) is 32.7. The number of aromatic nitrogens is 4. The second kappa shape index (κ2) is 17.1. The Balaban J connectivity index is 0.000000193. The predicted molar refractivity (Wildman–Crippen MR) is 216 cm³/mol. The predicted octanol–water partition coefficient (Wildman–Crippen LogP) is 8.19.